The van der Waals surface area contributed by atoms with Crippen LogP contribution in [0.5, 0.6) is 0 Å². The minimum absolute atomic E-state index is 0.120. The van der Waals surface area contributed by atoms with Gasteiger partial charge in [0.1, 0.15) is 17.5 Å². The molecule has 0 N–H and O–H groups in total. The van der Waals surface area contributed by atoms with Crippen LogP contribution >= 0.6 is 0 Å². The van der Waals surface area contributed by atoms with Gasteiger partial charge < -0.3 is 4.90 Å². The average molecular weight is 561 g/mol. The number of pyridine rings is 1. The Hall–Kier alpha value is -4.41. The number of hydrogen-bond acceptors (Lipinski definition) is 6. The fraction of sp³-hybridized carbons (Fsp3) is 0.400. The number of fused-ring (bicyclic) bond motifs is 1. The summed E-state index contributed by atoms with van der Waals surface area (Å²) in [6.07, 6.45) is 4.49. The number of amides is 2. The molecular formula is C30H33FN6O4. The smallest absolute Gasteiger partial charge is 0.332 e. The van der Waals surface area contributed by atoms with Crippen LogP contribution < -0.4 is 16.1 Å². The maximum atomic E-state index is 13.4. The van der Waals surface area contributed by atoms with Gasteiger partial charge in [0.05, 0.1) is 11.3 Å². The summed E-state index contributed by atoms with van der Waals surface area (Å²) < 4.78 is 16.1. The highest BCUT2D eigenvalue weighted by molar-refractivity contribution is 6.07. The number of likely N-dealkylation sites (tertiary alicyclic amines) is 1. The van der Waals surface area contributed by atoms with E-state index in [0.29, 0.717) is 72.9 Å². The summed E-state index contributed by atoms with van der Waals surface area (Å²) in [7, 11) is 0. The number of carbonyl (C=O) groups excluding carboxylic acids is 2. The minimum Gasteiger partial charge on any atom is -0.343 e. The van der Waals surface area contributed by atoms with Crippen LogP contribution in [-0.4, -0.2) is 56.2 Å². The summed E-state index contributed by atoms with van der Waals surface area (Å²) in [5.74, 6) is 0.225. The van der Waals surface area contributed by atoms with E-state index >= 15 is 0 Å². The zero-order chi connectivity index (χ0) is 29.1. The molecule has 0 saturated carbocycles. The molecule has 0 atom stereocenters. The van der Waals surface area contributed by atoms with E-state index in [0.717, 1.165) is 13.0 Å². The molecule has 2 amide bonds. The van der Waals surface area contributed by atoms with Crippen molar-refractivity contribution in [3.05, 3.63) is 85.9 Å². The maximum Gasteiger partial charge on any atom is 0.332 e. The number of anilines is 1. The summed E-state index contributed by atoms with van der Waals surface area (Å²) in [4.78, 5) is 64.2. The fourth-order valence-electron chi connectivity index (χ4n) is 5.39. The first-order valence-corrected chi connectivity index (χ1v) is 14.1. The number of hydrogen-bond donors (Lipinski definition) is 0. The third-order valence-corrected chi connectivity index (χ3v) is 7.51. The lowest BCUT2D eigenvalue weighted by atomic mass is 10.1. The molecule has 2 aromatic heterocycles. The lowest BCUT2D eigenvalue weighted by Crippen LogP contribution is -2.42. The minimum atomic E-state index is -0.417. The Morgan fingerprint density at radius 2 is 1.78 bits per heavy atom. The van der Waals surface area contributed by atoms with Gasteiger partial charge in [-0.1, -0.05) is 6.92 Å². The molecule has 1 aromatic carbocycles. The molecule has 41 heavy (non-hydrogen) atoms. The van der Waals surface area contributed by atoms with E-state index in [1.54, 1.807) is 27.8 Å². The Morgan fingerprint density at radius 3 is 2.41 bits per heavy atom. The lowest BCUT2D eigenvalue weighted by Gasteiger charge is -2.20. The van der Waals surface area contributed by atoms with E-state index in [1.165, 1.54) is 33.7 Å². The number of nitrogens with zero attached hydrogens (tertiary/aromatic N) is 6. The van der Waals surface area contributed by atoms with E-state index in [1.807, 2.05) is 13.8 Å². The van der Waals surface area contributed by atoms with Crippen LogP contribution in [-0.2, 0) is 24.3 Å². The molecular weight excluding hydrogens is 527 g/mol. The monoisotopic (exact) mass is 560 g/mol. The number of benzene rings is 1. The van der Waals surface area contributed by atoms with Crippen molar-refractivity contribution in [2.75, 3.05) is 24.5 Å². The predicted octanol–water partition coefficient (Wildman–Crippen LogP) is 3.31. The molecule has 0 unspecified atom stereocenters. The van der Waals surface area contributed by atoms with Crippen LogP contribution in [0.15, 0.2) is 57.2 Å². The quantitative estimate of drug-likeness (QED) is 0.378. The van der Waals surface area contributed by atoms with Crippen LogP contribution in [0, 0.1) is 5.82 Å². The van der Waals surface area contributed by atoms with Crippen molar-refractivity contribution in [1.82, 2.24) is 19.0 Å². The van der Waals surface area contributed by atoms with E-state index < -0.39 is 5.82 Å². The third-order valence-electron chi connectivity index (χ3n) is 7.51. The molecule has 2 aliphatic heterocycles. The van der Waals surface area contributed by atoms with Crippen molar-refractivity contribution in [2.24, 2.45) is 4.99 Å². The number of aromatic nitrogens is 3. The number of rotatable bonds is 10. The highest BCUT2D eigenvalue weighted by atomic mass is 19.1. The van der Waals surface area contributed by atoms with Gasteiger partial charge in [0.15, 0.2) is 0 Å². The zero-order valence-electron chi connectivity index (χ0n) is 23.3. The standard InChI is InChI=1S/C30H33FN6O4/c1-3-14-36-27-23(29(40)37(30(36)41)17-6-16-34-15-5-7-26(34)38)18-24(33-27)21-10-13-25(32-19-21)35(4-2)28(39)20-8-11-22(31)12-9-20/h8-13,19H,3-7,14-18H2,1-2H3. The number of halogens is 1. The highest BCUT2D eigenvalue weighted by Gasteiger charge is 2.27. The lowest BCUT2D eigenvalue weighted by molar-refractivity contribution is -0.127. The van der Waals surface area contributed by atoms with Crippen molar-refractivity contribution in [1.29, 1.82) is 0 Å². The van der Waals surface area contributed by atoms with Crippen molar-refractivity contribution in [2.45, 2.75) is 59.0 Å². The Labute approximate surface area is 236 Å². The molecule has 0 spiro atoms. The van der Waals surface area contributed by atoms with Gasteiger partial charge in [-0.3, -0.25) is 28.4 Å². The number of aliphatic imine (C=N–C) groups is 1. The van der Waals surface area contributed by atoms with Gasteiger partial charge in [0.25, 0.3) is 11.5 Å². The summed E-state index contributed by atoms with van der Waals surface area (Å²) in [5.41, 5.74) is 1.39. The van der Waals surface area contributed by atoms with Gasteiger partial charge in [0.2, 0.25) is 5.91 Å². The molecule has 1 saturated heterocycles. The molecule has 2 aliphatic rings. The molecule has 0 bridgehead atoms. The molecule has 0 aliphatic carbocycles. The molecule has 11 heteroatoms. The molecule has 3 aromatic rings. The maximum absolute atomic E-state index is 13.4. The van der Waals surface area contributed by atoms with Gasteiger partial charge in [-0.25, -0.2) is 19.2 Å². The van der Waals surface area contributed by atoms with Crippen molar-refractivity contribution in [3.63, 3.8) is 0 Å². The van der Waals surface area contributed by atoms with Gasteiger partial charge in [-0.15, -0.1) is 0 Å². The van der Waals surface area contributed by atoms with E-state index in [2.05, 4.69) is 4.98 Å². The third kappa shape index (κ3) is 5.61. The summed E-state index contributed by atoms with van der Waals surface area (Å²) in [6, 6.07) is 8.87. The Bertz CT molecular complexity index is 1610. The van der Waals surface area contributed by atoms with Gasteiger partial charge in [-0.05, 0) is 62.6 Å². The molecule has 214 valence electrons. The summed E-state index contributed by atoms with van der Waals surface area (Å²) >= 11 is 0. The van der Waals surface area contributed by atoms with Crippen molar-refractivity contribution >= 4 is 29.2 Å². The van der Waals surface area contributed by atoms with Gasteiger partial charge in [-0.2, -0.15) is 0 Å². The molecule has 0 radical (unpaired) electrons. The second kappa shape index (κ2) is 12.0. The Kier molecular flexibility index (Phi) is 8.23. The van der Waals surface area contributed by atoms with Gasteiger partial charge in [0, 0.05) is 62.9 Å². The second-order valence-electron chi connectivity index (χ2n) is 10.2. The first-order chi connectivity index (χ1) is 19.8. The summed E-state index contributed by atoms with van der Waals surface area (Å²) in [5, 5.41) is 0. The van der Waals surface area contributed by atoms with Crippen LogP contribution in [0.25, 0.3) is 0 Å². The Morgan fingerprint density at radius 1 is 1.00 bits per heavy atom. The predicted molar refractivity (Wildman–Crippen MR) is 154 cm³/mol. The second-order valence-corrected chi connectivity index (χ2v) is 10.2. The first-order valence-electron chi connectivity index (χ1n) is 14.1. The zero-order valence-corrected chi connectivity index (χ0v) is 23.3. The molecule has 1 fully saturated rings. The summed E-state index contributed by atoms with van der Waals surface area (Å²) in [6.45, 7) is 6.06. The van der Waals surface area contributed by atoms with Crippen molar-refractivity contribution in [3.8, 4) is 0 Å². The van der Waals surface area contributed by atoms with E-state index in [-0.39, 0.29) is 36.0 Å². The normalized spacial score (nSPS) is 14.4. The average Bonchev–Trinajstić information content (AvgIpc) is 3.60. The van der Waals surface area contributed by atoms with Crippen LogP contribution in [0.1, 0.15) is 61.0 Å². The van der Waals surface area contributed by atoms with Crippen LogP contribution in [0.4, 0.5) is 16.0 Å². The van der Waals surface area contributed by atoms with Crippen molar-refractivity contribution < 1.29 is 14.0 Å². The van der Waals surface area contributed by atoms with E-state index in [4.69, 9.17) is 4.99 Å². The van der Waals surface area contributed by atoms with E-state index in [9.17, 15) is 23.6 Å². The molecule has 4 heterocycles. The largest absolute Gasteiger partial charge is 0.343 e. The molecule has 5 rings (SSSR count). The van der Waals surface area contributed by atoms with Crippen LogP contribution in [0.3, 0.4) is 0 Å². The first kappa shape index (κ1) is 28.1. The highest BCUT2D eigenvalue weighted by Crippen LogP contribution is 2.26. The number of carbonyl (C=O) groups is 2. The van der Waals surface area contributed by atoms with Crippen LogP contribution in [0.2, 0.25) is 0 Å². The fourth-order valence-corrected chi connectivity index (χ4v) is 5.39. The SMILES string of the molecule is CCCn1c2c(c(=O)n(CCCN3CCCC3=O)c1=O)CC(c1ccc(N(CC)C(=O)c3ccc(F)cc3)nc1)=N2. The topological polar surface area (TPSA) is 110 Å². The Balaban J connectivity index is 1.37. The molecule has 10 nitrogen and oxygen atoms in total. The van der Waals surface area contributed by atoms with Gasteiger partial charge >= 0.3 is 5.69 Å².